The topological polar surface area (TPSA) is 105 Å². The second kappa shape index (κ2) is 9.94. The van der Waals surface area contributed by atoms with Gasteiger partial charge in [-0.1, -0.05) is 17.7 Å². The highest BCUT2D eigenvalue weighted by molar-refractivity contribution is 6.30. The van der Waals surface area contributed by atoms with Crippen LogP contribution >= 0.6 is 11.6 Å². The molecule has 2 N–H and O–H groups in total. The van der Waals surface area contributed by atoms with Gasteiger partial charge in [0.05, 0.1) is 23.5 Å². The van der Waals surface area contributed by atoms with Crippen molar-refractivity contribution < 1.29 is 18.3 Å². The summed E-state index contributed by atoms with van der Waals surface area (Å²) in [5.74, 6) is 0.368. The Hall–Kier alpha value is -3.24. The number of carbonyl (C=O) groups excluding carboxylic acids is 1. The minimum atomic E-state index is -0.723. The third-order valence-corrected chi connectivity index (χ3v) is 6.37. The number of halogens is 2. The lowest BCUT2D eigenvalue weighted by molar-refractivity contribution is 0.0903. The number of fused-ring (bicyclic) bond motifs is 1. The Balaban J connectivity index is 1.30. The summed E-state index contributed by atoms with van der Waals surface area (Å²) in [6, 6.07) is 3.61. The third kappa shape index (κ3) is 4.97. The van der Waals surface area contributed by atoms with Gasteiger partial charge in [-0.2, -0.15) is 0 Å². The van der Waals surface area contributed by atoms with Gasteiger partial charge < -0.3 is 24.7 Å². The van der Waals surface area contributed by atoms with Crippen LogP contribution < -0.4 is 10.6 Å². The molecule has 3 aromatic rings. The van der Waals surface area contributed by atoms with E-state index in [1.54, 1.807) is 11.0 Å². The van der Waals surface area contributed by atoms with Crippen LogP contribution in [0.5, 0.6) is 0 Å². The van der Waals surface area contributed by atoms with Gasteiger partial charge in [0.2, 0.25) is 5.95 Å². The number of amides is 2. The maximum atomic E-state index is 14.1. The van der Waals surface area contributed by atoms with E-state index in [0.29, 0.717) is 36.8 Å². The number of hydrogen-bond acceptors (Lipinski definition) is 7. The quantitative estimate of drug-likeness (QED) is 0.566. The molecule has 11 heteroatoms. The summed E-state index contributed by atoms with van der Waals surface area (Å²) >= 11 is 5.83. The summed E-state index contributed by atoms with van der Waals surface area (Å²) in [7, 11) is 0. The number of oxazole rings is 1. The van der Waals surface area contributed by atoms with Gasteiger partial charge in [0, 0.05) is 32.0 Å². The Morgan fingerprint density at radius 2 is 2.12 bits per heavy atom. The molecule has 1 aromatic carbocycles. The highest BCUT2D eigenvalue weighted by Crippen LogP contribution is 2.26. The molecule has 0 spiro atoms. The molecule has 9 nitrogen and oxygen atoms in total. The van der Waals surface area contributed by atoms with E-state index >= 15 is 0 Å². The maximum absolute atomic E-state index is 14.1. The van der Waals surface area contributed by atoms with Crippen molar-refractivity contribution in [3.05, 3.63) is 70.4 Å². The summed E-state index contributed by atoms with van der Waals surface area (Å²) in [6.45, 7) is 2.29. The number of nitrogens with one attached hydrogen (secondary N) is 2. The Bertz CT molecular complexity index is 1160. The molecule has 5 rings (SSSR count). The molecular weight excluding hydrogens is 463 g/mol. The Kier molecular flexibility index (Phi) is 6.59. The molecule has 1 saturated heterocycles. The number of urea groups is 1. The van der Waals surface area contributed by atoms with Crippen molar-refractivity contribution in [3.63, 3.8) is 0 Å². The van der Waals surface area contributed by atoms with Crippen molar-refractivity contribution >= 4 is 23.6 Å². The zero-order valence-electron chi connectivity index (χ0n) is 18.3. The molecule has 0 radical (unpaired) electrons. The smallest absolute Gasteiger partial charge is 0.318 e. The van der Waals surface area contributed by atoms with Gasteiger partial charge >= 0.3 is 6.03 Å². The molecule has 1 fully saturated rings. The average molecular weight is 487 g/mol. The fraction of sp³-hybridized carbons (Fsp3) is 0.391. The van der Waals surface area contributed by atoms with E-state index in [1.807, 2.05) is 6.20 Å². The second-order valence-electron chi connectivity index (χ2n) is 8.33. The predicted molar refractivity (Wildman–Crippen MR) is 122 cm³/mol. The molecule has 34 heavy (non-hydrogen) atoms. The molecule has 2 aromatic heterocycles. The standard InChI is InChI=1S/C23H24ClFN6O3/c24-17-2-1-14(9-18(17)25)21(20-11-26-13-34-20)30-23(32)31-6-3-15-10-27-22(29-19(15)12-31)28-16-4-7-33-8-5-16/h1-2,9-11,13,16,21H,3-8,12H2,(H,30,32)(H,27,28,29)/t21-/m1/s1. The number of hydrogen-bond donors (Lipinski definition) is 2. The molecule has 4 heterocycles. The molecule has 0 aliphatic carbocycles. The molecule has 2 aliphatic heterocycles. The van der Waals surface area contributed by atoms with E-state index in [-0.39, 0.29) is 17.1 Å². The van der Waals surface area contributed by atoms with E-state index < -0.39 is 11.9 Å². The third-order valence-electron chi connectivity index (χ3n) is 6.07. The van der Waals surface area contributed by atoms with Gasteiger partial charge in [-0.3, -0.25) is 0 Å². The fourth-order valence-corrected chi connectivity index (χ4v) is 4.28. The normalized spacial score (nSPS) is 17.2. The summed E-state index contributed by atoms with van der Waals surface area (Å²) in [4.78, 5) is 27.9. The van der Waals surface area contributed by atoms with Crippen LogP contribution in [0.1, 0.15) is 41.5 Å². The van der Waals surface area contributed by atoms with E-state index in [9.17, 15) is 9.18 Å². The number of nitrogens with zero attached hydrogens (tertiary/aromatic N) is 4. The van der Waals surface area contributed by atoms with Crippen LogP contribution in [0, 0.1) is 5.82 Å². The Labute approximate surface area is 200 Å². The maximum Gasteiger partial charge on any atom is 0.318 e. The second-order valence-corrected chi connectivity index (χ2v) is 8.74. The lowest BCUT2D eigenvalue weighted by atomic mass is 10.0. The number of rotatable bonds is 5. The van der Waals surface area contributed by atoms with Crippen molar-refractivity contribution in [1.82, 2.24) is 25.2 Å². The van der Waals surface area contributed by atoms with Crippen LogP contribution in [0.4, 0.5) is 15.1 Å². The lowest BCUT2D eigenvalue weighted by Crippen LogP contribution is -2.44. The number of anilines is 1. The van der Waals surface area contributed by atoms with Crippen molar-refractivity contribution in [2.45, 2.75) is 37.9 Å². The first-order valence-electron chi connectivity index (χ1n) is 11.1. The fourth-order valence-electron chi connectivity index (χ4n) is 4.16. The first-order valence-corrected chi connectivity index (χ1v) is 11.5. The van der Waals surface area contributed by atoms with Gasteiger partial charge in [0.1, 0.15) is 11.9 Å². The molecule has 0 saturated carbocycles. The van der Waals surface area contributed by atoms with E-state index in [0.717, 1.165) is 37.3 Å². The number of aromatic nitrogens is 3. The zero-order chi connectivity index (χ0) is 23.5. The SMILES string of the molecule is O=C(N[C@H](c1ccc(Cl)c(F)c1)c1cnco1)N1CCc2cnc(NC3CCOCC3)nc2C1. The van der Waals surface area contributed by atoms with E-state index in [2.05, 4.69) is 25.6 Å². The van der Waals surface area contributed by atoms with Crippen LogP contribution in [0.3, 0.4) is 0 Å². The highest BCUT2D eigenvalue weighted by atomic mass is 35.5. The molecule has 2 amide bonds. The number of benzene rings is 1. The molecule has 1 atom stereocenters. The predicted octanol–water partition coefficient (Wildman–Crippen LogP) is 3.71. The van der Waals surface area contributed by atoms with Crippen molar-refractivity contribution in [2.75, 3.05) is 25.1 Å². The lowest BCUT2D eigenvalue weighted by Gasteiger charge is -2.30. The number of ether oxygens (including phenoxy) is 1. The van der Waals surface area contributed by atoms with Crippen LogP contribution in [0.2, 0.25) is 5.02 Å². The minimum absolute atomic E-state index is 0.00360. The summed E-state index contributed by atoms with van der Waals surface area (Å²) < 4.78 is 24.9. The van der Waals surface area contributed by atoms with E-state index in [1.165, 1.54) is 24.7 Å². The zero-order valence-corrected chi connectivity index (χ0v) is 19.1. The molecule has 2 aliphatic rings. The Morgan fingerprint density at radius 1 is 1.26 bits per heavy atom. The van der Waals surface area contributed by atoms with Crippen molar-refractivity contribution in [2.24, 2.45) is 0 Å². The van der Waals surface area contributed by atoms with Gasteiger partial charge in [-0.15, -0.1) is 0 Å². The van der Waals surface area contributed by atoms with Crippen LogP contribution in [-0.2, 0) is 17.7 Å². The molecule has 0 unspecified atom stereocenters. The summed E-state index contributed by atoms with van der Waals surface area (Å²) in [6.07, 6.45) is 7.04. The molecular formula is C23H24ClFN6O3. The highest BCUT2D eigenvalue weighted by Gasteiger charge is 2.27. The van der Waals surface area contributed by atoms with Gasteiger partial charge in [0.15, 0.2) is 12.2 Å². The first-order chi connectivity index (χ1) is 16.6. The summed E-state index contributed by atoms with van der Waals surface area (Å²) in [5.41, 5.74) is 2.32. The van der Waals surface area contributed by atoms with Crippen LogP contribution in [0.25, 0.3) is 0 Å². The van der Waals surface area contributed by atoms with Gasteiger partial charge in [0.25, 0.3) is 0 Å². The minimum Gasteiger partial charge on any atom is -0.446 e. The average Bonchev–Trinajstić information content (AvgIpc) is 3.39. The first kappa shape index (κ1) is 22.5. The monoisotopic (exact) mass is 486 g/mol. The molecule has 178 valence electrons. The molecule has 0 bridgehead atoms. The van der Waals surface area contributed by atoms with E-state index in [4.69, 9.17) is 20.8 Å². The van der Waals surface area contributed by atoms with Crippen molar-refractivity contribution in [3.8, 4) is 0 Å². The Morgan fingerprint density at radius 3 is 2.88 bits per heavy atom. The van der Waals surface area contributed by atoms with Crippen LogP contribution in [0.15, 0.2) is 41.4 Å². The van der Waals surface area contributed by atoms with Gasteiger partial charge in [-0.05, 0) is 42.5 Å². The van der Waals surface area contributed by atoms with Crippen LogP contribution in [-0.4, -0.2) is 51.7 Å². The van der Waals surface area contributed by atoms with Crippen molar-refractivity contribution in [1.29, 1.82) is 0 Å². The van der Waals surface area contributed by atoms with Gasteiger partial charge in [-0.25, -0.2) is 24.1 Å². The summed E-state index contributed by atoms with van der Waals surface area (Å²) in [5, 5.41) is 6.31. The largest absolute Gasteiger partial charge is 0.446 e. The number of carbonyl (C=O) groups is 1.